The van der Waals surface area contributed by atoms with E-state index in [-0.39, 0.29) is 22.9 Å². The first kappa shape index (κ1) is 19.9. The van der Waals surface area contributed by atoms with Gasteiger partial charge in [0.05, 0.1) is 17.6 Å². The quantitative estimate of drug-likeness (QED) is 0.453. The van der Waals surface area contributed by atoms with Crippen molar-refractivity contribution in [3.63, 3.8) is 0 Å². The number of nitrogens with zero attached hydrogens (tertiary/aromatic N) is 1. The lowest BCUT2D eigenvalue weighted by Gasteiger charge is -2.13. The number of nitrogens with one attached hydrogen (secondary N) is 1. The molecule has 2 aromatic rings. The lowest BCUT2D eigenvalue weighted by molar-refractivity contribution is -0.385. The van der Waals surface area contributed by atoms with E-state index >= 15 is 0 Å². The molecule has 0 spiro atoms. The van der Waals surface area contributed by atoms with E-state index in [1.807, 2.05) is 26.0 Å². The van der Waals surface area contributed by atoms with Gasteiger partial charge in [0.15, 0.2) is 12.4 Å². The fourth-order valence-electron chi connectivity index (χ4n) is 2.47. The average Bonchev–Trinajstić information content (AvgIpc) is 2.65. The molecule has 0 radical (unpaired) electrons. The number of ether oxygens (including phenoxy) is 2. The van der Waals surface area contributed by atoms with Gasteiger partial charge in [0.1, 0.15) is 0 Å². The maximum atomic E-state index is 12.1. The van der Waals surface area contributed by atoms with Gasteiger partial charge < -0.3 is 14.8 Å². The number of methoxy groups -OCH3 is 1. The van der Waals surface area contributed by atoms with Crippen molar-refractivity contribution in [1.29, 1.82) is 0 Å². The minimum absolute atomic E-state index is 0.0274. The average molecular weight is 372 g/mol. The molecule has 0 saturated heterocycles. The highest BCUT2D eigenvalue weighted by Crippen LogP contribution is 2.28. The summed E-state index contributed by atoms with van der Waals surface area (Å²) in [5, 5.41) is 13.7. The molecule has 1 N–H and O–H groups in total. The van der Waals surface area contributed by atoms with Crippen molar-refractivity contribution in [2.75, 3.05) is 19.0 Å². The Morgan fingerprint density at radius 1 is 1.19 bits per heavy atom. The molecule has 8 nitrogen and oxygen atoms in total. The molecule has 0 fully saturated rings. The van der Waals surface area contributed by atoms with Crippen LogP contribution in [0.3, 0.4) is 0 Å². The first-order valence-corrected chi connectivity index (χ1v) is 8.21. The van der Waals surface area contributed by atoms with Crippen LogP contribution in [0.4, 0.5) is 11.4 Å². The molecule has 0 unspecified atom stereocenters. The van der Waals surface area contributed by atoms with Crippen molar-refractivity contribution >= 4 is 23.3 Å². The van der Waals surface area contributed by atoms with Gasteiger partial charge in [0, 0.05) is 11.8 Å². The van der Waals surface area contributed by atoms with Gasteiger partial charge in [-0.25, -0.2) is 4.79 Å². The van der Waals surface area contributed by atoms with Gasteiger partial charge >= 0.3 is 11.7 Å². The van der Waals surface area contributed by atoms with Crippen LogP contribution >= 0.6 is 0 Å². The van der Waals surface area contributed by atoms with Crippen molar-refractivity contribution in [2.45, 2.75) is 19.8 Å². The summed E-state index contributed by atoms with van der Waals surface area (Å²) in [5.74, 6) is -1.10. The van der Waals surface area contributed by atoms with Crippen LogP contribution < -0.4 is 10.1 Å². The van der Waals surface area contributed by atoms with Gasteiger partial charge in [0.25, 0.3) is 5.91 Å². The number of amides is 1. The maximum Gasteiger partial charge on any atom is 0.338 e. The van der Waals surface area contributed by atoms with E-state index in [2.05, 4.69) is 5.32 Å². The highest BCUT2D eigenvalue weighted by Gasteiger charge is 2.19. The molecule has 0 aromatic heterocycles. The van der Waals surface area contributed by atoms with E-state index in [0.29, 0.717) is 5.69 Å². The van der Waals surface area contributed by atoms with Crippen LogP contribution in [0, 0.1) is 10.1 Å². The van der Waals surface area contributed by atoms with Gasteiger partial charge in [-0.05, 0) is 29.7 Å². The minimum atomic E-state index is -0.840. The summed E-state index contributed by atoms with van der Waals surface area (Å²) in [6.45, 7) is 3.49. The molecule has 0 aliphatic carbocycles. The number of rotatable bonds is 7. The highest BCUT2D eigenvalue weighted by molar-refractivity contribution is 5.96. The van der Waals surface area contributed by atoms with E-state index in [1.54, 1.807) is 12.1 Å². The van der Waals surface area contributed by atoms with E-state index in [1.165, 1.54) is 19.2 Å². The van der Waals surface area contributed by atoms with Gasteiger partial charge in [0.2, 0.25) is 0 Å². The van der Waals surface area contributed by atoms with Crippen molar-refractivity contribution in [1.82, 2.24) is 0 Å². The topological polar surface area (TPSA) is 108 Å². The van der Waals surface area contributed by atoms with E-state index in [0.717, 1.165) is 11.6 Å². The van der Waals surface area contributed by atoms with Gasteiger partial charge in [-0.2, -0.15) is 0 Å². The summed E-state index contributed by atoms with van der Waals surface area (Å²) >= 11 is 0. The van der Waals surface area contributed by atoms with Crippen LogP contribution in [0.15, 0.2) is 42.5 Å². The zero-order valence-corrected chi connectivity index (χ0v) is 15.2. The summed E-state index contributed by atoms with van der Waals surface area (Å²) in [7, 11) is 1.29. The summed E-state index contributed by atoms with van der Waals surface area (Å²) in [6.07, 6.45) is 0. The fraction of sp³-hybridized carbons (Fsp3) is 0.263. The second-order valence-corrected chi connectivity index (χ2v) is 6.01. The predicted octanol–water partition coefficient (Wildman–Crippen LogP) is 3.52. The Morgan fingerprint density at radius 3 is 2.52 bits per heavy atom. The second-order valence-electron chi connectivity index (χ2n) is 6.01. The molecule has 8 heteroatoms. The first-order chi connectivity index (χ1) is 12.8. The number of hydrogen-bond donors (Lipinski definition) is 1. The van der Waals surface area contributed by atoms with Gasteiger partial charge in [-0.15, -0.1) is 0 Å². The molecule has 2 rings (SSSR count). The molecule has 0 aliphatic rings. The molecule has 0 aliphatic heterocycles. The minimum Gasteiger partial charge on any atom is -0.490 e. The predicted molar refractivity (Wildman–Crippen MR) is 99.1 cm³/mol. The van der Waals surface area contributed by atoms with Crippen molar-refractivity contribution in [3.05, 3.63) is 63.7 Å². The Bertz CT molecular complexity index is 863. The molecule has 2 aromatic carbocycles. The number of nitro benzene ring substituents is 1. The third-order valence-electron chi connectivity index (χ3n) is 3.80. The van der Waals surface area contributed by atoms with Crippen LogP contribution in [0.25, 0.3) is 0 Å². The van der Waals surface area contributed by atoms with E-state index < -0.39 is 23.4 Å². The van der Waals surface area contributed by atoms with Crippen LogP contribution in [-0.4, -0.2) is 30.5 Å². The van der Waals surface area contributed by atoms with Crippen LogP contribution in [-0.2, 0) is 9.53 Å². The maximum absolute atomic E-state index is 12.1. The number of para-hydroxylation sites is 1. The van der Waals surface area contributed by atoms with Crippen molar-refractivity contribution in [3.8, 4) is 5.75 Å². The molecular formula is C19H20N2O6. The highest BCUT2D eigenvalue weighted by atomic mass is 16.6. The molecule has 0 atom stereocenters. The largest absolute Gasteiger partial charge is 0.490 e. The SMILES string of the molecule is COc1ccc(C(=O)OCC(=O)Nc2ccccc2C(C)C)cc1[N+](=O)[O-]. The Hall–Kier alpha value is -3.42. The smallest absolute Gasteiger partial charge is 0.338 e. The molecule has 27 heavy (non-hydrogen) atoms. The van der Waals surface area contributed by atoms with Crippen molar-refractivity contribution in [2.24, 2.45) is 0 Å². The van der Waals surface area contributed by atoms with Crippen LogP contribution in [0.5, 0.6) is 5.75 Å². The molecular weight excluding hydrogens is 352 g/mol. The Kier molecular flexibility index (Phi) is 6.48. The standard InChI is InChI=1S/C19H20N2O6/c1-12(2)14-6-4-5-7-15(14)20-18(22)11-27-19(23)13-8-9-17(26-3)16(10-13)21(24)25/h4-10,12H,11H2,1-3H3,(H,20,22). The zero-order valence-electron chi connectivity index (χ0n) is 15.2. The third-order valence-corrected chi connectivity index (χ3v) is 3.80. The number of carbonyl (C=O) groups is 2. The monoisotopic (exact) mass is 372 g/mol. The Labute approximate surface area is 156 Å². The first-order valence-electron chi connectivity index (χ1n) is 8.21. The normalized spacial score (nSPS) is 10.4. The number of carbonyl (C=O) groups excluding carboxylic acids is 2. The molecule has 0 bridgehead atoms. The number of benzene rings is 2. The number of esters is 1. The molecule has 142 valence electrons. The fourth-order valence-corrected chi connectivity index (χ4v) is 2.47. The second kappa shape index (κ2) is 8.79. The van der Waals surface area contributed by atoms with E-state index in [9.17, 15) is 19.7 Å². The lowest BCUT2D eigenvalue weighted by atomic mass is 10.0. The zero-order chi connectivity index (χ0) is 20.0. The number of nitro groups is 1. The third kappa shape index (κ3) is 5.04. The molecule has 0 saturated carbocycles. The number of hydrogen-bond acceptors (Lipinski definition) is 6. The lowest BCUT2D eigenvalue weighted by Crippen LogP contribution is -2.21. The Morgan fingerprint density at radius 2 is 1.89 bits per heavy atom. The number of anilines is 1. The molecule has 1 amide bonds. The van der Waals surface area contributed by atoms with Gasteiger partial charge in [-0.1, -0.05) is 32.0 Å². The summed E-state index contributed by atoms with van der Waals surface area (Å²) in [5.41, 5.74) is 1.21. The summed E-state index contributed by atoms with van der Waals surface area (Å²) < 4.78 is 9.83. The van der Waals surface area contributed by atoms with Crippen molar-refractivity contribution < 1.29 is 24.0 Å². The summed E-state index contributed by atoms with van der Waals surface area (Å²) in [4.78, 5) is 34.5. The van der Waals surface area contributed by atoms with E-state index in [4.69, 9.17) is 9.47 Å². The molecule has 0 heterocycles. The van der Waals surface area contributed by atoms with Gasteiger partial charge in [-0.3, -0.25) is 14.9 Å². The van der Waals surface area contributed by atoms with Crippen LogP contribution in [0.1, 0.15) is 35.7 Å². The Balaban J connectivity index is 2.02. The summed E-state index contributed by atoms with van der Waals surface area (Å²) in [6, 6.07) is 11.0. The van der Waals surface area contributed by atoms with Crippen LogP contribution in [0.2, 0.25) is 0 Å².